The van der Waals surface area contributed by atoms with Gasteiger partial charge in [-0.15, -0.1) is 0 Å². The minimum Gasteiger partial charge on any atom is -0.355 e. The Kier molecular flexibility index (Phi) is 3.80. The van der Waals surface area contributed by atoms with Crippen LogP contribution in [0.3, 0.4) is 0 Å². The van der Waals surface area contributed by atoms with Crippen molar-refractivity contribution in [3.8, 4) is 0 Å². The summed E-state index contributed by atoms with van der Waals surface area (Å²) < 4.78 is 0. The number of hydrogen-bond acceptors (Lipinski definition) is 5. The van der Waals surface area contributed by atoms with Gasteiger partial charge >= 0.3 is 0 Å². The van der Waals surface area contributed by atoms with Crippen molar-refractivity contribution in [2.75, 3.05) is 23.3 Å². The maximum atomic E-state index is 4.68. The maximum absolute atomic E-state index is 4.68. The molecule has 0 atom stereocenters. The van der Waals surface area contributed by atoms with Crippen LogP contribution in [0.2, 0.25) is 0 Å². The highest BCUT2D eigenvalue weighted by Crippen LogP contribution is 2.27. The summed E-state index contributed by atoms with van der Waals surface area (Å²) in [6.45, 7) is 6.10. The standard InChI is InChI=1S/C18H22N6/c1-12-7-6-8-14(11-12)21-18-22-15-16(23-18)19-13(2)20-17(15)24-9-4-3-5-10-24/h6-8,11H,3-5,9-10H2,1-2H3,(H2,19,20,21,22,23). The Balaban J connectivity index is 1.71. The molecule has 6 nitrogen and oxygen atoms in total. The largest absolute Gasteiger partial charge is 0.355 e. The average molecular weight is 322 g/mol. The average Bonchev–Trinajstić information content (AvgIpc) is 2.97. The quantitative estimate of drug-likeness (QED) is 0.769. The van der Waals surface area contributed by atoms with Gasteiger partial charge in [-0.2, -0.15) is 4.98 Å². The normalized spacial score (nSPS) is 15.0. The Morgan fingerprint density at radius 3 is 2.67 bits per heavy atom. The number of aromatic amines is 1. The van der Waals surface area contributed by atoms with Gasteiger partial charge in [0.1, 0.15) is 11.3 Å². The lowest BCUT2D eigenvalue weighted by atomic mass is 10.1. The Hall–Kier alpha value is -2.63. The van der Waals surface area contributed by atoms with Crippen LogP contribution >= 0.6 is 0 Å². The number of aromatic nitrogens is 4. The van der Waals surface area contributed by atoms with Crippen LogP contribution in [-0.4, -0.2) is 33.0 Å². The number of anilines is 3. The predicted octanol–water partition coefficient (Wildman–Crippen LogP) is 3.70. The van der Waals surface area contributed by atoms with Crippen LogP contribution in [0.5, 0.6) is 0 Å². The van der Waals surface area contributed by atoms with E-state index in [1.165, 1.54) is 24.8 Å². The second kappa shape index (κ2) is 6.11. The number of H-pyrrole nitrogens is 1. The number of nitrogens with zero attached hydrogens (tertiary/aromatic N) is 4. The van der Waals surface area contributed by atoms with Crippen LogP contribution in [0, 0.1) is 13.8 Å². The Bertz CT molecular complexity index is 863. The van der Waals surface area contributed by atoms with Crippen molar-refractivity contribution in [3.05, 3.63) is 35.7 Å². The number of hydrogen-bond donors (Lipinski definition) is 2. The van der Waals surface area contributed by atoms with E-state index in [0.29, 0.717) is 5.95 Å². The Labute approximate surface area is 141 Å². The van der Waals surface area contributed by atoms with E-state index in [-0.39, 0.29) is 0 Å². The Morgan fingerprint density at radius 2 is 1.88 bits per heavy atom. The number of aryl methyl sites for hydroxylation is 2. The number of imidazole rings is 1. The van der Waals surface area contributed by atoms with E-state index in [1.807, 2.05) is 19.1 Å². The molecule has 1 aromatic carbocycles. The van der Waals surface area contributed by atoms with Crippen LogP contribution in [-0.2, 0) is 0 Å². The van der Waals surface area contributed by atoms with Gasteiger partial charge in [-0.25, -0.2) is 9.97 Å². The highest BCUT2D eigenvalue weighted by Gasteiger charge is 2.19. The molecule has 24 heavy (non-hydrogen) atoms. The fraction of sp³-hybridized carbons (Fsp3) is 0.389. The molecule has 3 heterocycles. The Morgan fingerprint density at radius 1 is 1.04 bits per heavy atom. The minimum atomic E-state index is 0.703. The third kappa shape index (κ3) is 2.91. The van der Waals surface area contributed by atoms with Gasteiger partial charge in [0, 0.05) is 18.8 Å². The first-order chi connectivity index (χ1) is 11.7. The molecule has 1 saturated heterocycles. The lowest BCUT2D eigenvalue weighted by Crippen LogP contribution is -2.30. The van der Waals surface area contributed by atoms with Gasteiger partial charge in [0.25, 0.3) is 0 Å². The van der Waals surface area contributed by atoms with Gasteiger partial charge in [0.15, 0.2) is 11.5 Å². The lowest BCUT2D eigenvalue weighted by molar-refractivity contribution is 0.574. The molecule has 0 radical (unpaired) electrons. The molecule has 124 valence electrons. The molecule has 0 bridgehead atoms. The monoisotopic (exact) mass is 322 g/mol. The number of nitrogens with one attached hydrogen (secondary N) is 2. The van der Waals surface area contributed by atoms with Crippen molar-refractivity contribution in [3.63, 3.8) is 0 Å². The van der Waals surface area contributed by atoms with Crippen molar-refractivity contribution in [2.45, 2.75) is 33.1 Å². The van der Waals surface area contributed by atoms with E-state index in [9.17, 15) is 0 Å². The molecule has 4 rings (SSSR count). The SMILES string of the molecule is Cc1cccc(Nc2nc3nc(C)nc(N4CCCCC4)c3[nH]2)c1. The molecular formula is C18H22N6. The number of fused-ring (bicyclic) bond motifs is 1. The number of benzene rings is 1. The molecule has 1 aliphatic heterocycles. The topological polar surface area (TPSA) is 69.7 Å². The van der Waals surface area contributed by atoms with Crippen LogP contribution in [0.4, 0.5) is 17.5 Å². The molecule has 0 aliphatic carbocycles. The van der Waals surface area contributed by atoms with Gasteiger partial charge in [-0.05, 0) is 50.8 Å². The van der Waals surface area contributed by atoms with Crippen molar-refractivity contribution in [1.82, 2.24) is 19.9 Å². The zero-order valence-electron chi connectivity index (χ0n) is 14.1. The lowest BCUT2D eigenvalue weighted by Gasteiger charge is -2.27. The summed E-state index contributed by atoms with van der Waals surface area (Å²) in [6, 6.07) is 8.23. The van der Waals surface area contributed by atoms with E-state index in [4.69, 9.17) is 0 Å². The summed E-state index contributed by atoms with van der Waals surface area (Å²) in [7, 11) is 0. The van der Waals surface area contributed by atoms with E-state index < -0.39 is 0 Å². The minimum absolute atomic E-state index is 0.703. The summed E-state index contributed by atoms with van der Waals surface area (Å²) in [5.41, 5.74) is 3.86. The molecule has 1 fully saturated rings. The molecule has 6 heteroatoms. The summed E-state index contributed by atoms with van der Waals surface area (Å²) in [5.74, 6) is 2.44. The third-order valence-corrected chi connectivity index (χ3v) is 4.38. The van der Waals surface area contributed by atoms with Crippen LogP contribution in [0.15, 0.2) is 24.3 Å². The number of rotatable bonds is 3. The second-order valence-electron chi connectivity index (χ2n) is 6.42. The molecular weight excluding hydrogens is 300 g/mol. The molecule has 0 spiro atoms. The molecule has 0 saturated carbocycles. The summed E-state index contributed by atoms with van der Waals surface area (Å²) >= 11 is 0. The maximum Gasteiger partial charge on any atom is 0.207 e. The van der Waals surface area contributed by atoms with E-state index in [1.54, 1.807) is 0 Å². The third-order valence-electron chi connectivity index (χ3n) is 4.38. The van der Waals surface area contributed by atoms with Gasteiger partial charge in [0.05, 0.1) is 0 Å². The van der Waals surface area contributed by atoms with Gasteiger partial charge in [0.2, 0.25) is 5.95 Å². The van der Waals surface area contributed by atoms with Gasteiger partial charge in [-0.3, -0.25) is 0 Å². The highest BCUT2D eigenvalue weighted by molar-refractivity contribution is 5.85. The fourth-order valence-corrected chi connectivity index (χ4v) is 3.24. The highest BCUT2D eigenvalue weighted by atomic mass is 15.2. The van der Waals surface area contributed by atoms with Crippen molar-refractivity contribution in [1.29, 1.82) is 0 Å². The van der Waals surface area contributed by atoms with Crippen molar-refractivity contribution < 1.29 is 0 Å². The van der Waals surface area contributed by atoms with Gasteiger partial charge in [-0.1, -0.05) is 12.1 Å². The molecule has 2 aromatic heterocycles. The van der Waals surface area contributed by atoms with Crippen molar-refractivity contribution in [2.24, 2.45) is 0 Å². The molecule has 2 N–H and O–H groups in total. The van der Waals surface area contributed by atoms with E-state index in [0.717, 1.165) is 41.6 Å². The number of piperidine rings is 1. The summed E-state index contributed by atoms with van der Waals surface area (Å²) in [4.78, 5) is 19.5. The van der Waals surface area contributed by atoms with Crippen LogP contribution in [0.25, 0.3) is 11.2 Å². The second-order valence-corrected chi connectivity index (χ2v) is 6.42. The van der Waals surface area contributed by atoms with Gasteiger partial charge < -0.3 is 15.2 Å². The molecule has 0 unspecified atom stereocenters. The smallest absolute Gasteiger partial charge is 0.207 e. The fourth-order valence-electron chi connectivity index (χ4n) is 3.24. The molecule has 1 aliphatic rings. The first-order valence-electron chi connectivity index (χ1n) is 8.52. The van der Waals surface area contributed by atoms with E-state index in [2.05, 4.69) is 49.2 Å². The van der Waals surface area contributed by atoms with E-state index >= 15 is 0 Å². The summed E-state index contributed by atoms with van der Waals surface area (Å²) in [6.07, 6.45) is 3.73. The first-order valence-corrected chi connectivity index (χ1v) is 8.52. The molecule has 0 amide bonds. The zero-order chi connectivity index (χ0) is 16.5. The first kappa shape index (κ1) is 14.9. The molecule has 3 aromatic rings. The predicted molar refractivity (Wildman–Crippen MR) is 96.9 cm³/mol. The summed E-state index contributed by atoms with van der Waals surface area (Å²) in [5, 5.41) is 3.33. The van der Waals surface area contributed by atoms with Crippen molar-refractivity contribution >= 4 is 28.6 Å². The zero-order valence-corrected chi connectivity index (χ0v) is 14.1. The van der Waals surface area contributed by atoms with Crippen LogP contribution < -0.4 is 10.2 Å². The van der Waals surface area contributed by atoms with Crippen LogP contribution in [0.1, 0.15) is 30.7 Å².